The molecule has 3 aromatic heterocycles. The normalized spacial score (nSPS) is 16.5. The molecule has 1 unspecified atom stereocenters. The third-order valence-electron chi connectivity index (χ3n) is 6.75. The van der Waals surface area contributed by atoms with Crippen LogP contribution in [0.3, 0.4) is 0 Å². The van der Waals surface area contributed by atoms with Crippen molar-refractivity contribution in [2.75, 3.05) is 13.1 Å². The van der Waals surface area contributed by atoms with Gasteiger partial charge in [0.15, 0.2) is 10.5 Å². The Morgan fingerprint density at radius 1 is 0.914 bits per heavy atom. The second-order valence-corrected chi connectivity index (χ2v) is 9.81. The molecule has 8 nitrogen and oxygen atoms in total. The smallest absolute Gasteiger partial charge is 0.162 e. The number of rotatable bonds is 4. The van der Waals surface area contributed by atoms with E-state index in [1.54, 1.807) is 29.2 Å². The summed E-state index contributed by atoms with van der Waals surface area (Å²) in [5, 5.41) is 20.2. The van der Waals surface area contributed by atoms with Gasteiger partial charge in [0.25, 0.3) is 0 Å². The van der Waals surface area contributed by atoms with Gasteiger partial charge in [-0.1, -0.05) is 24.3 Å². The standard InChI is InChI=1S/C26H23N5O3S/c32-26(9-11-27-12-10-26)24-8-5-17(13-28-24)18-14-29-25-22(15-30-31(25)16-18)20-6-7-23(35(33)34)21-4-2-1-3-19(20)21/h1-8,13-16,27,32,35H,9-12H2. The third kappa shape index (κ3) is 3.82. The maximum Gasteiger partial charge on any atom is 0.162 e. The molecular formula is C26H23N5O3S. The van der Waals surface area contributed by atoms with Gasteiger partial charge in [-0.05, 0) is 61.1 Å². The SMILES string of the molecule is O=[SH+]([O-])c1ccc(-c2cnn3cc(-c4ccc(C5(O)CCNCC5)nc4)cnc23)c2ccccc12. The molecule has 1 aliphatic rings. The lowest BCUT2D eigenvalue weighted by Crippen LogP contribution is -2.40. The van der Waals surface area contributed by atoms with Gasteiger partial charge >= 0.3 is 0 Å². The van der Waals surface area contributed by atoms with Crippen LogP contribution in [0.25, 0.3) is 38.7 Å². The Hall–Kier alpha value is -3.50. The fraction of sp³-hybridized carbons (Fsp3) is 0.192. The molecule has 0 radical (unpaired) electrons. The molecule has 176 valence electrons. The number of aromatic nitrogens is 4. The zero-order valence-electron chi connectivity index (χ0n) is 18.8. The van der Waals surface area contributed by atoms with E-state index in [4.69, 9.17) is 0 Å². The van der Waals surface area contributed by atoms with Gasteiger partial charge in [-0.25, -0.2) is 9.50 Å². The Bertz CT molecular complexity index is 1580. The summed E-state index contributed by atoms with van der Waals surface area (Å²) in [6.45, 7) is 1.55. The van der Waals surface area contributed by atoms with E-state index < -0.39 is 16.7 Å². The van der Waals surface area contributed by atoms with Crippen molar-refractivity contribution in [1.82, 2.24) is 24.9 Å². The van der Waals surface area contributed by atoms with E-state index in [9.17, 15) is 13.9 Å². The Morgan fingerprint density at radius 2 is 1.69 bits per heavy atom. The Kier molecular flexibility index (Phi) is 5.42. The molecule has 0 saturated carbocycles. The van der Waals surface area contributed by atoms with Gasteiger partial charge in [-0.2, -0.15) is 5.10 Å². The first-order valence-electron chi connectivity index (χ1n) is 11.4. The summed E-state index contributed by atoms with van der Waals surface area (Å²) in [6.07, 6.45) is 8.47. The summed E-state index contributed by atoms with van der Waals surface area (Å²) in [5.74, 6) is 0. The van der Waals surface area contributed by atoms with Crippen LogP contribution in [-0.4, -0.2) is 42.3 Å². The number of fused-ring (bicyclic) bond motifs is 2. The fourth-order valence-electron chi connectivity index (χ4n) is 4.83. The molecule has 5 aromatic rings. The van der Waals surface area contributed by atoms with Crippen LogP contribution in [0.15, 0.2) is 78.2 Å². The molecule has 4 heterocycles. The first-order chi connectivity index (χ1) is 17.0. The quantitative estimate of drug-likeness (QED) is 0.296. The Balaban J connectivity index is 1.37. The van der Waals surface area contributed by atoms with E-state index in [0.717, 1.165) is 40.7 Å². The molecule has 35 heavy (non-hydrogen) atoms. The summed E-state index contributed by atoms with van der Waals surface area (Å²) in [5.41, 5.74) is 3.90. The van der Waals surface area contributed by atoms with Crippen molar-refractivity contribution in [3.8, 4) is 22.3 Å². The molecule has 0 bridgehead atoms. The van der Waals surface area contributed by atoms with Crippen LogP contribution in [0.1, 0.15) is 18.5 Å². The van der Waals surface area contributed by atoms with Crippen molar-refractivity contribution in [1.29, 1.82) is 0 Å². The molecule has 1 saturated heterocycles. The summed E-state index contributed by atoms with van der Waals surface area (Å²) < 4.78 is 25.1. The average molecular weight is 486 g/mol. The van der Waals surface area contributed by atoms with Crippen LogP contribution in [0.2, 0.25) is 0 Å². The van der Waals surface area contributed by atoms with E-state index in [2.05, 4.69) is 20.4 Å². The monoisotopic (exact) mass is 485 g/mol. The number of piperidine rings is 1. The van der Waals surface area contributed by atoms with Gasteiger partial charge < -0.3 is 15.0 Å². The minimum Gasteiger partial charge on any atom is -0.612 e. The predicted molar refractivity (Wildman–Crippen MR) is 134 cm³/mol. The molecule has 2 aromatic carbocycles. The lowest BCUT2D eigenvalue weighted by molar-refractivity contribution is 0.00190. The molecule has 6 rings (SSSR count). The first kappa shape index (κ1) is 22.0. The van der Waals surface area contributed by atoms with Gasteiger partial charge in [-0.15, -0.1) is 4.21 Å². The van der Waals surface area contributed by atoms with Crippen LogP contribution in [-0.2, 0) is 20.9 Å². The number of nitrogens with zero attached hydrogens (tertiary/aromatic N) is 4. The Morgan fingerprint density at radius 3 is 2.43 bits per heavy atom. The molecule has 1 atom stereocenters. The lowest BCUT2D eigenvalue weighted by atomic mass is 9.88. The van der Waals surface area contributed by atoms with Crippen molar-refractivity contribution in [3.05, 3.63) is 79.0 Å². The average Bonchev–Trinajstić information content (AvgIpc) is 3.31. The zero-order valence-corrected chi connectivity index (χ0v) is 19.7. The maximum atomic E-state index is 11.7. The van der Waals surface area contributed by atoms with Crippen molar-refractivity contribution < 1.29 is 13.9 Å². The topological polar surface area (TPSA) is 115 Å². The molecule has 0 aliphatic carbocycles. The summed E-state index contributed by atoms with van der Waals surface area (Å²) >= 11 is -2.70. The molecule has 2 N–H and O–H groups in total. The van der Waals surface area contributed by atoms with E-state index in [-0.39, 0.29) is 0 Å². The highest BCUT2D eigenvalue weighted by Gasteiger charge is 2.32. The lowest BCUT2D eigenvalue weighted by Gasteiger charge is -2.32. The van der Waals surface area contributed by atoms with Crippen molar-refractivity contribution in [2.45, 2.75) is 23.3 Å². The van der Waals surface area contributed by atoms with Crippen LogP contribution in [0, 0.1) is 0 Å². The molecule has 0 amide bonds. The maximum absolute atomic E-state index is 11.7. The second kappa shape index (κ2) is 8.62. The predicted octanol–water partition coefficient (Wildman–Crippen LogP) is 3.37. The van der Waals surface area contributed by atoms with Crippen molar-refractivity contribution in [3.63, 3.8) is 0 Å². The van der Waals surface area contributed by atoms with E-state index in [0.29, 0.717) is 34.5 Å². The van der Waals surface area contributed by atoms with Gasteiger partial charge in [0, 0.05) is 40.7 Å². The minimum atomic E-state index is -2.70. The number of hydrogen-bond acceptors (Lipinski definition) is 7. The third-order valence-corrected chi connectivity index (χ3v) is 7.53. The Labute approximate surface area is 204 Å². The molecule has 0 spiro atoms. The largest absolute Gasteiger partial charge is 0.612 e. The van der Waals surface area contributed by atoms with Crippen LogP contribution < -0.4 is 5.32 Å². The highest BCUT2D eigenvalue weighted by molar-refractivity contribution is 7.79. The summed E-state index contributed by atoms with van der Waals surface area (Å²) in [6, 6.07) is 14.7. The number of benzene rings is 2. The first-order valence-corrected chi connectivity index (χ1v) is 12.6. The number of thiol groups is 1. The molecule has 1 fully saturated rings. The van der Waals surface area contributed by atoms with Gasteiger partial charge in [0.1, 0.15) is 5.60 Å². The number of hydrogen-bond donors (Lipinski definition) is 2. The van der Waals surface area contributed by atoms with E-state index >= 15 is 0 Å². The highest BCUT2D eigenvalue weighted by Crippen LogP contribution is 2.34. The molecule has 9 heteroatoms. The fourth-order valence-corrected chi connectivity index (χ4v) is 5.42. The van der Waals surface area contributed by atoms with Crippen LogP contribution in [0.5, 0.6) is 0 Å². The van der Waals surface area contributed by atoms with Crippen molar-refractivity contribution in [2.24, 2.45) is 0 Å². The van der Waals surface area contributed by atoms with Gasteiger partial charge in [0.2, 0.25) is 0 Å². The van der Waals surface area contributed by atoms with Crippen molar-refractivity contribution >= 4 is 27.5 Å². The minimum absolute atomic E-state index is 0.302. The number of aliphatic hydroxyl groups is 1. The molecule has 1 aliphatic heterocycles. The van der Waals surface area contributed by atoms with Crippen LogP contribution in [0.4, 0.5) is 0 Å². The highest BCUT2D eigenvalue weighted by atomic mass is 32.2. The van der Waals surface area contributed by atoms with E-state index in [1.807, 2.05) is 48.7 Å². The number of nitrogens with one attached hydrogen (secondary N) is 1. The van der Waals surface area contributed by atoms with Gasteiger partial charge in [-0.3, -0.25) is 4.98 Å². The number of pyridine rings is 1. The van der Waals surface area contributed by atoms with E-state index in [1.165, 1.54) is 0 Å². The molecular weight excluding hydrogens is 462 g/mol. The summed E-state index contributed by atoms with van der Waals surface area (Å²) in [7, 11) is 0. The zero-order chi connectivity index (χ0) is 24.0. The second-order valence-electron chi connectivity index (χ2n) is 8.82. The van der Waals surface area contributed by atoms with Crippen LogP contribution >= 0.6 is 0 Å². The van der Waals surface area contributed by atoms with Gasteiger partial charge in [0.05, 0.1) is 23.0 Å². The summed E-state index contributed by atoms with van der Waals surface area (Å²) in [4.78, 5) is 9.54.